The number of aromatic nitrogens is 2. The molecule has 0 unspecified atom stereocenters. The highest BCUT2D eigenvalue weighted by Crippen LogP contribution is 2.29. The Balaban J connectivity index is 1.50. The van der Waals surface area contributed by atoms with Crippen molar-refractivity contribution in [1.29, 1.82) is 0 Å². The molecule has 32 heavy (non-hydrogen) atoms. The molecule has 1 aromatic heterocycles. The number of para-hydroxylation sites is 1. The molecule has 0 amide bonds. The lowest BCUT2D eigenvalue weighted by atomic mass is 10.3. The minimum atomic E-state index is -3.91. The Labute approximate surface area is 186 Å². The summed E-state index contributed by atoms with van der Waals surface area (Å²) in [6.45, 7) is 3.05. The van der Waals surface area contributed by atoms with Crippen molar-refractivity contribution in [1.82, 2.24) is 14.3 Å². The number of halogens is 1. The largest absolute Gasteiger partial charge is 0.495 e. The molecule has 3 aromatic rings. The van der Waals surface area contributed by atoms with Gasteiger partial charge in [0.2, 0.25) is 15.9 Å². The number of nitrogens with zero attached hydrogens (tertiary/aromatic N) is 4. The van der Waals surface area contributed by atoms with Crippen LogP contribution in [0.25, 0.3) is 0 Å². The van der Waals surface area contributed by atoms with E-state index in [4.69, 9.17) is 9.47 Å². The molecule has 168 valence electrons. The summed E-state index contributed by atoms with van der Waals surface area (Å²) in [7, 11) is -2.55. The number of hydrogen-bond donors (Lipinski definition) is 0. The number of hydrogen-bond acceptors (Lipinski definition) is 7. The Morgan fingerprint density at radius 2 is 1.69 bits per heavy atom. The molecule has 1 saturated heterocycles. The molecule has 0 spiro atoms. The van der Waals surface area contributed by atoms with Crippen molar-refractivity contribution in [3.8, 4) is 17.4 Å². The van der Waals surface area contributed by atoms with Crippen LogP contribution in [0.1, 0.15) is 5.82 Å². The van der Waals surface area contributed by atoms with Crippen molar-refractivity contribution in [2.45, 2.75) is 11.8 Å². The highest BCUT2D eigenvalue weighted by molar-refractivity contribution is 7.89. The van der Waals surface area contributed by atoms with Crippen LogP contribution in [0.5, 0.6) is 17.4 Å². The number of sulfonamides is 1. The average Bonchev–Trinajstić information content (AvgIpc) is 2.79. The number of methoxy groups -OCH3 is 1. The molecular formula is C22H23FN4O4S. The molecular weight excluding hydrogens is 435 g/mol. The first-order valence-electron chi connectivity index (χ1n) is 10.0. The van der Waals surface area contributed by atoms with Gasteiger partial charge in [0, 0.05) is 32.2 Å². The number of benzene rings is 2. The maximum absolute atomic E-state index is 13.7. The van der Waals surface area contributed by atoms with Gasteiger partial charge in [0.1, 0.15) is 33.9 Å². The fourth-order valence-corrected chi connectivity index (χ4v) is 5.09. The molecule has 0 N–H and O–H groups in total. The summed E-state index contributed by atoms with van der Waals surface area (Å²) in [4.78, 5) is 10.6. The van der Waals surface area contributed by atoms with Crippen LogP contribution in [0.2, 0.25) is 0 Å². The quantitative estimate of drug-likeness (QED) is 0.561. The normalized spacial score (nSPS) is 14.9. The van der Waals surface area contributed by atoms with Gasteiger partial charge in [0.05, 0.1) is 7.11 Å². The molecule has 0 radical (unpaired) electrons. The predicted octanol–water partition coefficient (Wildman–Crippen LogP) is 3.24. The maximum atomic E-state index is 13.7. The van der Waals surface area contributed by atoms with Crippen LogP contribution in [-0.2, 0) is 10.0 Å². The zero-order valence-corrected chi connectivity index (χ0v) is 18.5. The second-order valence-corrected chi connectivity index (χ2v) is 9.12. The number of rotatable bonds is 6. The van der Waals surface area contributed by atoms with Gasteiger partial charge in [-0.1, -0.05) is 18.2 Å². The van der Waals surface area contributed by atoms with Crippen LogP contribution >= 0.6 is 0 Å². The molecule has 2 heterocycles. The minimum Gasteiger partial charge on any atom is -0.495 e. The van der Waals surface area contributed by atoms with Crippen molar-refractivity contribution in [3.05, 3.63) is 66.2 Å². The molecule has 2 aromatic carbocycles. The van der Waals surface area contributed by atoms with Crippen LogP contribution in [-0.4, -0.2) is 56.0 Å². The fraction of sp³-hybridized carbons (Fsp3) is 0.273. The van der Waals surface area contributed by atoms with E-state index in [9.17, 15) is 12.8 Å². The number of ether oxygens (including phenoxy) is 2. The SMILES string of the molecule is COc1ccc(F)cc1S(=O)(=O)N1CCN(c2cc(Oc3ccccc3)nc(C)n2)CC1. The highest BCUT2D eigenvalue weighted by atomic mass is 32.2. The van der Waals surface area contributed by atoms with Crippen LogP contribution in [0.3, 0.4) is 0 Å². The zero-order valence-electron chi connectivity index (χ0n) is 17.7. The summed E-state index contributed by atoms with van der Waals surface area (Å²) in [6, 6.07) is 14.5. The summed E-state index contributed by atoms with van der Waals surface area (Å²) >= 11 is 0. The Morgan fingerprint density at radius 3 is 2.38 bits per heavy atom. The number of aryl methyl sites for hydroxylation is 1. The molecule has 0 aliphatic carbocycles. The third-order valence-electron chi connectivity index (χ3n) is 5.07. The molecule has 1 aliphatic rings. The van der Waals surface area contributed by atoms with Gasteiger partial charge in [-0.15, -0.1) is 0 Å². The van der Waals surface area contributed by atoms with E-state index in [1.54, 1.807) is 13.0 Å². The van der Waals surface area contributed by atoms with Crippen molar-refractivity contribution in [2.24, 2.45) is 0 Å². The monoisotopic (exact) mass is 458 g/mol. The van der Waals surface area contributed by atoms with Gasteiger partial charge in [-0.25, -0.2) is 17.8 Å². The highest BCUT2D eigenvalue weighted by Gasteiger charge is 2.31. The molecule has 10 heteroatoms. The lowest BCUT2D eigenvalue weighted by Gasteiger charge is -2.35. The van der Waals surface area contributed by atoms with Gasteiger partial charge in [-0.05, 0) is 37.3 Å². The summed E-state index contributed by atoms with van der Waals surface area (Å²) in [5.41, 5.74) is 0. The third-order valence-corrected chi connectivity index (χ3v) is 6.99. The van der Waals surface area contributed by atoms with E-state index in [0.29, 0.717) is 36.4 Å². The Bertz CT molecular complexity index is 1200. The predicted molar refractivity (Wildman–Crippen MR) is 117 cm³/mol. The van der Waals surface area contributed by atoms with Crippen LogP contribution < -0.4 is 14.4 Å². The topological polar surface area (TPSA) is 84.9 Å². The minimum absolute atomic E-state index is 0.114. The third kappa shape index (κ3) is 4.66. The second kappa shape index (κ2) is 9.09. The van der Waals surface area contributed by atoms with Gasteiger partial charge >= 0.3 is 0 Å². The lowest BCUT2D eigenvalue weighted by molar-refractivity contribution is 0.372. The summed E-state index contributed by atoms with van der Waals surface area (Å²) in [6.07, 6.45) is 0. The first-order valence-corrected chi connectivity index (χ1v) is 11.5. The van der Waals surface area contributed by atoms with E-state index in [1.807, 2.05) is 35.2 Å². The van der Waals surface area contributed by atoms with Crippen LogP contribution in [0.4, 0.5) is 10.2 Å². The molecule has 0 bridgehead atoms. The van der Waals surface area contributed by atoms with Crippen LogP contribution in [0, 0.1) is 12.7 Å². The van der Waals surface area contributed by atoms with Crippen molar-refractivity contribution >= 4 is 15.8 Å². The Kier molecular flexibility index (Phi) is 6.24. The van der Waals surface area contributed by atoms with E-state index in [1.165, 1.54) is 23.5 Å². The van der Waals surface area contributed by atoms with Crippen LogP contribution in [0.15, 0.2) is 59.5 Å². The molecule has 4 rings (SSSR count). The van der Waals surface area contributed by atoms with Crippen molar-refractivity contribution in [3.63, 3.8) is 0 Å². The van der Waals surface area contributed by atoms with Gasteiger partial charge in [0.25, 0.3) is 0 Å². The van der Waals surface area contributed by atoms with E-state index in [0.717, 1.165) is 6.07 Å². The standard InChI is InChI=1S/C22H23FN4O4S/c1-16-24-21(15-22(25-16)31-18-6-4-3-5-7-18)26-10-12-27(13-11-26)32(28,29)20-14-17(23)8-9-19(20)30-2/h3-9,14-15H,10-13H2,1-2H3. The first kappa shape index (κ1) is 22.0. The van der Waals surface area contributed by atoms with Gasteiger partial charge in [0.15, 0.2) is 0 Å². The van der Waals surface area contributed by atoms with Gasteiger partial charge < -0.3 is 14.4 Å². The summed E-state index contributed by atoms with van der Waals surface area (Å²) < 4.78 is 52.2. The average molecular weight is 459 g/mol. The van der Waals surface area contributed by atoms with E-state index < -0.39 is 15.8 Å². The number of piperazine rings is 1. The first-order chi connectivity index (χ1) is 15.4. The lowest BCUT2D eigenvalue weighted by Crippen LogP contribution is -2.49. The summed E-state index contributed by atoms with van der Waals surface area (Å²) in [5, 5.41) is 0. The smallest absolute Gasteiger partial charge is 0.246 e. The van der Waals surface area contributed by atoms with Gasteiger partial charge in [-0.3, -0.25) is 0 Å². The Hall–Kier alpha value is -3.24. The molecule has 1 fully saturated rings. The maximum Gasteiger partial charge on any atom is 0.246 e. The summed E-state index contributed by atoms with van der Waals surface area (Å²) in [5.74, 6) is 1.76. The number of anilines is 1. The second-order valence-electron chi connectivity index (χ2n) is 7.21. The van der Waals surface area contributed by atoms with Crippen molar-refractivity contribution in [2.75, 3.05) is 38.2 Å². The van der Waals surface area contributed by atoms with E-state index in [2.05, 4.69) is 9.97 Å². The van der Waals surface area contributed by atoms with Gasteiger partial charge in [-0.2, -0.15) is 9.29 Å². The van der Waals surface area contributed by atoms with E-state index >= 15 is 0 Å². The Morgan fingerprint density at radius 1 is 0.969 bits per heavy atom. The molecule has 8 nitrogen and oxygen atoms in total. The fourth-order valence-electron chi connectivity index (χ4n) is 3.50. The molecule has 0 saturated carbocycles. The zero-order chi connectivity index (χ0) is 22.7. The molecule has 0 atom stereocenters. The van der Waals surface area contributed by atoms with E-state index in [-0.39, 0.29) is 23.7 Å². The van der Waals surface area contributed by atoms with Crippen molar-refractivity contribution < 1.29 is 22.3 Å². The molecule has 1 aliphatic heterocycles.